The molecule has 1 heterocycles. The molecule has 0 aromatic carbocycles. The highest BCUT2D eigenvalue weighted by atomic mass is 35.5. The number of hydrogen-bond acceptors (Lipinski definition) is 4. The van der Waals surface area contributed by atoms with Crippen LogP contribution in [0.3, 0.4) is 0 Å². The van der Waals surface area contributed by atoms with Gasteiger partial charge in [0.05, 0.1) is 6.61 Å². The van der Waals surface area contributed by atoms with Crippen LogP contribution >= 0.6 is 11.6 Å². The van der Waals surface area contributed by atoms with Crippen LogP contribution in [0.5, 0.6) is 5.88 Å². The fourth-order valence-electron chi connectivity index (χ4n) is 1.11. The van der Waals surface area contributed by atoms with E-state index in [0.717, 1.165) is 18.7 Å². The lowest BCUT2D eigenvalue weighted by Crippen LogP contribution is -2.07. The Morgan fingerprint density at radius 3 is 2.93 bits per heavy atom. The molecule has 1 N–H and O–H groups in total. The van der Waals surface area contributed by atoms with Crippen molar-refractivity contribution in [1.29, 1.82) is 0 Å². The van der Waals surface area contributed by atoms with Crippen LogP contribution in [-0.2, 0) is 0 Å². The summed E-state index contributed by atoms with van der Waals surface area (Å²) in [5.74, 6) is 1.85. The molecule has 0 saturated carbocycles. The van der Waals surface area contributed by atoms with Crippen molar-refractivity contribution in [2.24, 2.45) is 0 Å². The monoisotopic (exact) mass is 229 g/mol. The molecule has 5 heteroatoms. The number of aromatic nitrogens is 2. The van der Waals surface area contributed by atoms with Crippen molar-refractivity contribution in [2.45, 2.75) is 20.3 Å². The third kappa shape index (κ3) is 4.34. The minimum Gasteiger partial charge on any atom is -0.478 e. The molecule has 4 nitrogen and oxygen atoms in total. The Morgan fingerprint density at radius 1 is 1.47 bits per heavy atom. The van der Waals surface area contributed by atoms with E-state index in [1.165, 1.54) is 0 Å². The predicted molar refractivity (Wildman–Crippen MR) is 61.8 cm³/mol. The average Bonchev–Trinajstić information content (AvgIpc) is 2.18. The molecule has 15 heavy (non-hydrogen) atoms. The summed E-state index contributed by atoms with van der Waals surface area (Å²) in [5, 5.41) is 3.10. The van der Waals surface area contributed by atoms with Gasteiger partial charge in [0.15, 0.2) is 0 Å². The van der Waals surface area contributed by atoms with Gasteiger partial charge >= 0.3 is 0 Å². The molecule has 0 fully saturated rings. The minimum atomic E-state index is 0.601. The standard InChI is InChI=1S/C10H16ClN3O/c1-3-15-9-7-8(2)13-10(14-9)12-6-4-5-11/h7H,3-6H2,1-2H3,(H,12,13,14). The number of hydrogen-bond donors (Lipinski definition) is 1. The molecule has 0 amide bonds. The number of aryl methyl sites for hydroxylation is 1. The van der Waals surface area contributed by atoms with Crippen molar-refractivity contribution in [2.75, 3.05) is 24.3 Å². The maximum atomic E-state index is 5.57. The first-order valence-corrected chi connectivity index (χ1v) is 5.58. The van der Waals surface area contributed by atoms with E-state index in [0.29, 0.717) is 24.3 Å². The topological polar surface area (TPSA) is 47.0 Å². The van der Waals surface area contributed by atoms with Crippen molar-refractivity contribution < 1.29 is 4.74 Å². The zero-order chi connectivity index (χ0) is 11.1. The number of nitrogens with zero attached hydrogens (tertiary/aromatic N) is 2. The molecular formula is C10H16ClN3O. The van der Waals surface area contributed by atoms with Gasteiger partial charge in [0.25, 0.3) is 0 Å². The van der Waals surface area contributed by atoms with Gasteiger partial charge in [-0.1, -0.05) is 0 Å². The molecule has 0 spiro atoms. The largest absolute Gasteiger partial charge is 0.478 e. The third-order valence-corrected chi connectivity index (χ3v) is 1.98. The van der Waals surface area contributed by atoms with Gasteiger partial charge in [-0.2, -0.15) is 4.98 Å². The average molecular weight is 230 g/mol. The van der Waals surface area contributed by atoms with Crippen LogP contribution in [-0.4, -0.2) is 29.0 Å². The van der Waals surface area contributed by atoms with E-state index in [1.807, 2.05) is 19.9 Å². The summed E-state index contributed by atoms with van der Waals surface area (Å²) in [6, 6.07) is 1.82. The minimum absolute atomic E-state index is 0.601. The zero-order valence-electron chi connectivity index (χ0n) is 9.09. The summed E-state index contributed by atoms with van der Waals surface area (Å²) in [7, 11) is 0. The van der Waals surface area contributed by atoms with Crippen LogP contribution in [0.1, 0.15) is 19.0 Å². The molecule has 0 bridgehead atoms. The summed E-state index contributed by atoms with van der Waals surface area (Å²) in [6.07, 6.45) is 0.892. The molecule has 0 aliphatic heterocycles. The Morgan fingerprint density at radius 2 is 2.27 bits per heavy atom. The van der Waals surface area contributed by atoms with E-state index in [-0.39, 0.29) is 0 Å². The van der Waals surface area contributed by atoms with Gasteiger partial charge in [-0.15, -0.1) is 11.6 Å². The predicted octanol–water partition coefficient (Wildman–Crippen LogP) is 2.22. The second-order valence-corrected chi connectivity index (χ2v) is 3.45. The SMILES string of the molecule is CCOc1cc(C)nc(NCCCCl)n1. The Balaban J connectivity index is 2.62. The fourth-order valence-corrected chi connectivity index (χ4v) is 1.24. The van der Waals surface area contributed by atoms with Crippen molar-refractivity contribution in [3.63, 3.8) is 0 Å². The van der Waals surface area contributed by atoms with Crippen molar-refractivity contribution >= 4 is 17.5 Å². The highest BCUT2D eigenvalue weighted by Crippen LogP contribution is 2.11. The lowest BCUT2D eigenvalue weighted by Gasteiger charge is -2.07. The third-order valence-electron chi connectivity index (χ3n) is 1.72. The van der Waals surface area contributed by atoms with E-state index in [1.54, 1.807) is 0 Å². The number of nitrogens with one attached hydrogen (secondary N) is 1. The van der Waals surface area contributed by atoms with E-state index in [9.17, 15) is 0 Å². The van der Waals surface area contributed by atoms with Crippen molar-refractivity contribution in [3.8, 4) is 5.88 Å². The Kier molecular flexibility index (Phi) is 5.18. The van der Waals surface area contributed by atoms with E-state index >= 15 is 0 Å². The normalized spacial score (nSPS) is 10.1. The van der Waals surface area contributed by atoms with Crippen LogP contribution < -0.4 is 10.1 Å². The summed E-state index contributed by atoms with van der Waals surface area (Å²) in [5.41, 5.74) is 0.891. The first kappa shape index (κ1) is 12.0. The molecule has 0 radical (unpaired) electrons. The number of anilines is 1. The number of alkyl halides is 1. The summed E-state index contributed by atoms with van der Waals surface area (Å²) < 4.78 is 5.32. The van der Waals surface area contributed by atoms with Crippen LogP contribution in [0.4, 0.5) is 5.95 Å². The zero-order valence-corrected chi connectivity index (χ0v) is 9.84. The maximum absolute atomic E-state index is 5.57. The summed E-state index contributed by atoms with van der Waals surface area (Å²) in [6.45, 7) is 5.23. The second kappa shape index (κ2) is 6.45. The summed E-state index contributed by atoms with van der Waals surface area (Å²) >= 11 is 5.57. The molecule has 0 atom stereocenters. The Bertz CT molecular complexity index is 307. The number of rotatable bonds is 6. The fraction of sp³-hybridized carbons (Fsp3) is 0.600. The smallest absolute Gasteiger partial charge is 0.226 e. The van der Waals surface area contributed by atoms with Gasteiger partial charge in [0.1, 0.15) is 0 Å². The molecule has 1 rings (SSSR count). The molecule has 0 aliphatic rings. The second-order valence-electron chi connectivity index (χ2n) is 3.07. The van der Waals surface area contributed by atoms with Gasteiger partial charge in [-0.25, -0.2) is 4.98 Å². The number of ether oxygens (including phenoxy) is 1. The van der Waals surface area contributed by atoms with Crippen LogP contribution in [0.15, 0.2) is 6.07 Å². The molecule has 1 aromatic heterocycles. The molecule has 1 aromatic rings. The molecule has 0 unspecified atom stereocenters. The maximum Gasteiger partial charge on any atom is 0.226 e. The molecular weight excluding hydrogens is 214 g/mol. The highest BCUT2D eigenvalue weighted by molar-refractivity contribution is 6.17. The lowest BCUT2D eigenvalue weighted by atomic mass is 10.4. The van der Waals surface area contributed by atoms with Crippen LogP contribution in [0, 0.1) is 6.92 Å². The first-order valence-electron chi connectivity index (χ1n) is 5.04. The molecule has 0 aliphatic carbocycles. The van der Waals surface area contributed by atoms with Crippen LogP contribution in [0.25, 0.3) is 0 Å². The lowest BCUT2D eigenvalue weighted by molar-refractivity contribution is 0.326. The van der Waals surface area contributed by atoms with Crippen molar-refractivity contribution in [1.82, 2.24) is 9.97 Å². The quantitative estimate of drug-likeness (QED) is 0.600. The summed E-state index contributed by atoms with van der Waals surface area (Å²) in [4.78, 5) is 8.45. The first-order chi connectivity index (χ1) is 7.26. The molecule has 0 saturated heterocycles. The van der Waals surface area contributed by atoms with Crippen molar-refractivity contribution in [3.05, 3.63) is 11.8 Å². The van der Waals surface area contributed by atoms with Crippen LogP contribution in [0.2, 0.25) is 0 Å². The van der Waals surface area contributed by atoms with Gasteiger partial charge in [0.2, 0.25) is 11.8 Å². The Hall–Kier alpha value is -1.03. The van der Waals surface area contributed by atoms with Gasteiger partial charge in [-0.05, 0) is 20.3 Å². The van der Waals surface area contributed by atoms with Gasteiger partial charge in [0, 0.05) is 24.2 Å². The van der Waals surface area contributed by atoms with E-state index < -0.39 is 0 Å². The van der Waals surface area contributed by atoms with E-state index in [2.05, 4.69) is 15.3 Å². The van der Waals surface area contributed by atoms with Gasteiger partial charge in [-0.3, -0.25) is 0 Å². The number of halogens is 1. The Labute approximate surface area is 95.0 Å². The van der Waals surface area contributed by atoms with Gasteiger partial charge < -0.3 is 10.1 Å². The van der Waals surface area contributed by atoms with E-state index in [4.69, 9.17) is 16.3 Å². The highest BCUT2D eigenvalue weighted by Gasteiger charge is 2.01. The molecule has 84 valence electrons.